The molecule has 0 amide bonds. The summed E-state index contributed by atoms with van der Waals surface area (Å²) in [6.45, 7) is 3.01. The summed E-state index contributed by atoms with van der Waals surface area (Å²) in [4.78, 5) is 2.28. The van der Waals surface area contributed by atoms with E-state index in [0.29, 0.717) is 0 Å². The van der Waals surface area contributed by atoms with E-state index in [9.17, 15) is 0 Å². The van der Waals surface area contributed by atoms with Crippen molar-refractivity contribution in [2.75, 3.05) is 33.8 Å². The molecule has 0 aliphatic carbocycles. The van der Waals surface area contributed by atoms with Crippen LogP contribution in [0, 0.1) is 0 Å². The van der Waals surface area contributed by atoms with Gasteiger partial charge < -0.3 is 15.0 Å². The van der Waals surface area contributed by atoms with Crippen LogP contribution in [-0.4, -0.2) is 44.2 Å². The Morgan fingerprint density at radius 2 is 2.00 bits per heavy atom. The quantitative estimate of drug-likeness (QED) is 0.852. The molecule has 1 atom stereocenters. The van der Waals surface area contributed by atoms with Gasteiger partial charge >= 0.3 is 0 Å². The summed E-state index contributed by atoms with van der Waals surface area (Å²) in [5.41, 5.74) is 0.233. The number of hydrogen-bond donors (Lipinski definition) is 1. The van der Waals surface area contributed by atoms with Crippen molar-refractivity contribution in [3.63, 3.8) is 0 Å². The molecular formula is C16H26N2O. The number of nitrogens with one attached hydrogen (secondary N) is 1. The van der Waals surface area contributed by atoms with Crippen molar-refractivity contribution in [3.05, 3.63) is 30.3 Å². The summed E-state index contributed by atoms with van der Waals surface area (Å²) in [5, 5.41) is 3.73. The number of para-hydroxylation sites is 1. The maximum atomic E-state index is 5.86. The molecule has 1 N–H and O–H groups in total. The van der Waals surface area contributed by atoms with Gasteiger partial charge in [0.15, 0.2) is 0 Å². The molecule has 1 aliphatic rings. The maximum Gasteiger partial charge on any atom is 0.119 e. The molecule has 1 aromatic carbocycles. The van der Waals surface area contributed by atoms with Crippen LogP contribution in [0.15, 0.2) is 30.3 Å². The molecule has 0 aromatic heterocycles. The van der Waals surface area contributed by atoms with Crippen molar-refractivity contribution in [1.82, 2.24) is 10.2 Å². The van der Waals surface area contributed by atoms with Gasteiger partial charge in [-0.15, -0.1) is 0 Å². The van der Waals surface area contributed by atoms with Gasteiger partial charge in [0.1, 0.15) is 5.75 Å². The molecule has 1 heterocycles. The van der Waals surface area contributed by atoms with E-state index < -0.39 is 0 Å². The first kappa shape index (κ1) is 14.4. The van der Waals surface area contributed by atoms with E-state index in [-0.39, 0.29) is 5.54 Å². The SMILES string of the molecule is CN(C)CC1(CCOc2ccccc2)CCCCN1. The van der Waals surface area contributed by atoms with Crippen LogP contribution in [0.5, 0.6) is 5.75 Å². The minimum atomic E-state index is 0.233. The highest BCUT2D eigenvalue weighted by Crippen LogP contribution is 2.24. The van der Waals surface area contributed by atoms with Crippen LogP contribution in [0.1, 0.15) is 25.7 Å². The van der Waals surface area contributed by atoms with Crippen molar-refractivity contribution in [1.29, 1.82) is 0 Å². The van der Waals surface area contributed by atoms with Crippen molar-refractivity contribution in [2.45, 2.75) is 31.2 Å². The molecule has 1 aromatic rings. The lowest BCUT2D eigenvalue weighted by Crippen LogP contribution is -2.55. The highest BCUT2D eigenvalue weighted by Gasteiger charge is 2.31. The summed E-state index contributed by atoms with van der Waals surface area (Å²) in [6, 6.07) is 10.1. The fourth-order valence-electron chi connectivity index (χ4n) is 2.94. The molecule has 2 rings (SSSR count). The molecule has 1 fully saturated rings. The molecule has 1 aliphatic heterocycles. The number of nitrogens with zero attached hydrogens (tertiary/aromatic N) is 1. The van der Waals surface area contributed by atoms with Crippen molar-refractivity contribution in [3.8, 4) is 5.75 Å². The van der Waals surface area contributed by atoms with E-state index in [1.807, 2.05) is 30.3 Å². The van der Waals surface area contributed by atoms with Crippen LogP contribution in [0.3, 0.4) is 0 Å². The van der Waals surface area contributed by atoms with Crippen LogP contribution in [0.25, 0.3) is 0 Å². The van der Waals surface area contributed by atoms with Gasteiger partial charge in [0.25, 0.3) is 0 Å². The molecule has 0 saturated carbocycles. The second-order valence-electron chi connectivity index (χ2n) is 5.81. The molecule has 3 heteroatoms. The summed E-state index contributed by atoms with van der Waals surface area (Å²) in [5.74, 6) is 0.971. The van der Waals surface area contributed by atoms with E-state index in [2.05, 4.69) is 24.3 Å². The summed E-state index contributed by atoms with van der Waals surface area (Å²) >= 11 is 0. The zero-order chi connectivity index (χ0) is 13.6. The van der Waals surface area contributed by atoms with Gasteiger partial charge in [-0.1, -0.05) is 24.6 Å². The van der Waals surface area contributed by atoms with Gasteiger partial charge in [-0.2, -0.15) is 0 Å². The Morgan fingerprint density at radius 3 is 2.63 bits per heavy atom. The molecule has 19 heavy (non-hydrogen) atoms. The lowest BCUT2D eigenvalue weighted by Gasteiger charge is -2.40. The third-order valence-corrected chi connectivity index (χ3v) is 3.79. The predicted molar refractivity (Wildman–Crippen MR) is 79.7 cm³/mol. The Bertz CT molecular complexity index is 358. The molecule has 1 unspecified atom stereocenters. The lowest BCUT2D eigenvalue weighted by atomic mass is 9.85. The highest BCUT2D eigenvalue weighted by molar-refractivity contribution is 5.20. The number of rotatable bonds is 6. The first-order chi connectivity index (χ1) is 9.20. The molecule has 106 valence electrons. The largest absolute Gasteiger partial charge is 0.494 e. The minimum absolute atomic E-state index is 0.233. The lowest BCUT2D eigenvalue weighted by molar-refractivity contribution is 0.149. The van der Waals surface area contributed by atoms with Gasteiger partial charge in [-0.05, 0) is 45.6 Å². The molecule has 3 nitrogen and oxygen atoms in total. The minimum Gasteiger partial charge on any atom is -0.494 e. The first-order valence-electron chi connectivity index (χ1n) is 7.28. The van der Waals surface area contributed by atoms with Gasteiger partial charge in [0.2, 0.25) is 0 Å². The summed E-state index contributed by atoms with van der Waals surface area (Å²) < 4.78 is 5.86. The molecular weight excluding hydrogens is 236 g/mol. The third-order valence-electron chi connectivity index (χ3n) is 3.79. The standard InChI is InChI=1S/C16H26N2O/c1-18(2)14-16(10-6-7-12-17-16)11-13-19-15-8-4-3-5-9-15/h3-5,8-9,17H,6-7,10-14H2,1-2H3. The van der Waals surface area contributed by atoms with Gasteiger partial charge in [0.05, 0.1) is 6.61 Å². The number of benzene rings is 1. The second kappa shape index (κ2) is 6.92. The Kier molecular flexibility index (Phi) is 5.23. The predicted octanol–water partition coefficient (Wildman–Crippen LogP) is 2.53. The van der Waals surface area contributed by atoms with Crippen LogP contribution in [-0.2, 0) is 0 Å². The number of hydrogen-bond acceptors (Lipinski definition) is 3. The topological polar surface area (TPSA) is 24.5 Å². The zero-order valence-electron chi connectivity index (χ0n) is 12.2. The Labute approximate surface area is 116 Å². The Hall–Kier alpha value is -1.06. The number of piperidine rings is 1. The van der Waals surface area contributed by atoms with Crippen LogP contribution in [0.4, 0.5) is 0 Å². The summed E-state index contributed by atoms with van der Waals surface area (Å²) in [6.07, 6.45) is 4.95. The van der Waals surface area contributed by atoms with E-state index >= 15 is 0 Å². The second-order valence-corrected chi connectivity index (χ2v) is 5.81. The fourth-order valence-corrected chi connectivity index (χ4v) is 2.94. The average Bonchev–Trinajstić information content (AvgIpc) is 2.40. The normalized spacial score (nSPS) is 23.5. The third kappa shape index (κ3) is 4.51. The number of likely N-dealkylation sites (N-methyl/N-ethyl adjacent to an activating group) is 1. The van der Waals surface area contributed by atoms with Gasteiger partial charge in [0, 0.05) is 18.5 Å². The van der Waals surface area contributed by atoms with E-state index in [1.54, 1.807) is 0 Å². The smallest absolute Gasteiger partial charge is 0.119 e. The van der Waals surface area contributed by atoms with Crippen LogP contribution >= 0.6 is 0 Å². The van der Waals surface area contributed by atoms with E-state index in [4.69, 9.17) is 4.74 Å². The van der Waals surface area contributed by atoms with Crippen molar-refractivity contribution >= 4 is 0 Å². The molecule has 0 bridgehead atoms. The zero-order valence-corrected chi connectivity index (χ0v) is 12.2. The number of ether oxygens (including phenoxy) is 1. The average molecular weight is 262 g/mol. The summed E-state index contributed by atoms with van der Waals surface area (Å²) in [7, 11) is 4.30. The molecule has 1 saturated heterocycles. The van der Waals surface area contributed by atoms with Gasteiger partial charge in [-0.3, -0.25) is 0 Å². The van der Waals surface area contributed by atoms with E-state index in [0.717, 1.165) is 31.9 Å². The molecule has 0 radical (unpaired) electrons. The van der Waals surface area contributed by atoms with Crippen LogP contribution in [0.2, 0.25) is 0 Å². The Balaban J connectivity index is 1.86. The van der Waals surface area contributed by atoms with Gasteiger partial charge in [-0.25, -0.2) is 0 Å². The highest BCUT2D eigenvalue weighted by atomic mass is 16.5. The van der Waals surface area contributed by atoms with Crippen LogP contribution < -0.4 is 10.1 Å². The van der Waals surface area contributed by atoms with Crippen molar-refractivity contribution < 1.29 is 4.74 Å². The van der Waals surface area contributed by atoms with E-state index in [1.165, 1.54) is 19.3 Å². The molecule has 0 spiro atoms. The maximum absolute atomic E-state index is 5.86. The monoisotopic (exact) mass is 262 g/mol. The Morgan fingerprint density at radius 1 is 1.21 bits per heavy atom. The first-order valence-corrected chi connectivity index (χ1v) is 7.28. The fraction of sp³-hybridized carbons (Fsp3) is 0.625. The van der Waals surface area contributed by atoms with Crippen molar-refractivity contribution in [2.24, 2.45) is 0 Å².